The Balaban J connectivity index is 1.15. The molecule has 0 spiro atoms. The summed E-state index contributed by atoms with van der Waals surface area (Å²) in [6.45, 7) is 4.91. The molecule has 6 aliphatic rings. The van der Waals surface area contributed by atoms with E-state index in [0.29, 0.717) is 76.1 Å². The molecule has 2 saturated carbocycles. The van der Waals surface area contributed by atoms with Crippen molar-refractivity contribution in [2.75, 3.05) is 13.7 Å². The lowest BCUT2D eigenvalue weighted by molar-refractivity contribution is -0.244. The van der Waals surface area contributed by atoms with Crippen LogP contribution in [-0.4, -0.2) is 91.9 Å². The maximum atomic E-state index is 14.6. The first-order valence-electron chi connectivity index (χ1n) is 22.0. The minimum absolute atomic E-state index is 0.00148. The molecule has 2 unspecified atom stereocenters. The average Bonchev–Trinajstić information content (AvgIpc) is 3.86. The van der Waals surface area contributed by atoms with Gasteiger partial charge in [-0.25, -0.2) is 18.2 Å². The average molecular weight is 916 g/mol. The number of nitrogens with zero attached hydrogens (tertiary/aromatic N) is 2. The summed E-state index contributed by atoms with van der Waals surface area (Å²) in [7, 11) is -2.08. The minimum atomic E-state index is -4.91. The van der Waals surface area contributed by atoms with E-state index in [-0.39, 0.29) is 24.8 Å². The number of dihydropyridines is 1. The molecule has 6 rings (SSSR count). The molecular formula is C46H60F3N5O9S. The van der Waals surface area contributed by atoms with Crippen LogP contribution < -0.4 is 15.8 Å². The molecule has 4 amide bonds. The number of nitrogens with two attached hydrogens (primary N) is 1. The molecule has 0 radical (unpaired) electrons. The van der Waals surface area contributed by atoms with E-state index in [1.165, 1.54) is 4.90 Å². The van der Waals surface area contributed by atoms with Crippen molar-refractivity contribution in [3.05, 3.63) is 83.4 Å². The van der Waals surface area contributed by atoms with Crippen LogP contribution in [0, 0.1) is 29.6 Å². The number of fused-ring (bicyclic) bond motifs is 1. The number of halogens is 3. The number of amides is 4. The largest absolute Gasteiger partial charge is 0.497 e. The Bertz CT molecular complexity index is 2190. The fourth-order valence-electron chi connectivity index (χ4n) is 8.83. The van der Waals surface area contributed by atoms with Gasteiger partial charge in [-0.3, -0.25) is 19.1 Å². The third-order valence-electron chi connectivity index (χ3n) is 12.8. The Morgan fingerprint density at radius 3 is 2.47 bits per heavy atom. The maximum absolute atomic E-state index is 14.6. The van der Waals surface area contributed by atoms with Crippen molar-refractivity contribution in [3.63, 3.8) is 0 Å². The quantitative estimate of drug-likeness (QED) is 0.141. The first kappa shape index (κ1) is 48.3. The van der Waals surface area contributed by atoms with Gasteiger partial charge >= 0.3 is 12.3 Å². The number of rotatable bonds is 16. The van der Waals surface area contributed by atoms with Crippen molar-refractivity contribution in [1.82, 2.24) is 14.9 Å². The maximum Gasteiger partial charge on any atom is 0.427 e. The smallest absolute Gasteiger partial charge is 0.427 e. The molecule has 0 aromatic rings. The second-order valence-corrected chi connectivity index (χ2v) is 20.2. The van der Waals surface area contributed by atoms with E-state index >= 15 is 0 Å². The van der Waals surface area contributed by atoms with E-state index in [1.54, 1.807) is 20.1 Å². The van der Waals surface area contributed by atoms with Crippen LogP contribution >= 0.6 is 0 Å². The Kier molecular flexibility index (Phi) is 15.1. The Morgan fingerprint density at radius 1 is 1.06 bits per heavy atom. The fourth-order valence-corrected chi connectivity index (χ4v) is 10.2. The molecule has 8 atom stereocenters. The number of alkyl halides is 3. The number of primary amides is 1. The van der Waals surface area contributed by atoms with Crippen LogP contribution in [0.2, 0.25) is 0 Å². The highest BCUT2D eigenvalue weighted by Gasteiger charge is 2.52. The van der Waals surface area contributed by atoms with Gasteiger partial charge in [0.05, 0.1) is 30.5 Å². The predicted molar refractivity (Wildman–Crippen MR) is 233 cm³/mol. The van der Waals surface area contributed by atoms with E-state index in [9.17, 15) is 40.8 Å². The molecule has 1 saturated heterocycles. The van der Waals surface area contributed by atoms with Gasteiger partial charge in [-0.2, -0.15) is 13.2 Å². The number of sulfonamides is 1. The van der Waals surface area contributed by atoms with Gasteiger partial charge < -0.3 is 30.2 Å². The molecule has 14 nitrogen and oxygen atoms in total. The van der Waals surface area contributed by atoms with Crippen molar-refractivity contribution in [2.45, 2.75) is 127 Å². The van der Waals surface area contributed by atoms with E-state index in [1.807, 2.05) is 61.6 Å². The van der Waals surface area contributed by atoms with E-state index in [2.05, 4.69) is 10.0 Å². The molecule has 0 bridgehead atoms. The van der Waals surface area contributed by atoms with Crippen LogP contribution in [0.15, 0.2) is 88.4 Å². The molecule has 2 heterocycles. The summed E-state index contributed by atoms with van der Waals surface area (Å²) in [5.74, 6) is -2.71. The van der Waals surface area contributed by atoms with Crippen LogP contribution in [-0.2, 0) is 38.6 Å². The fraction of sp³-hybridized carbons (Fsp3) is 0.587. The number of methoxy groups -OCH3 is 1. The third kappa shape index (κ3) is 11.8. The zero-order valence-corrected chi connectivity index (χ0v) is 37.8. The second kappa shape index (κ2) is 19.9. The summed E-state index contributed by atoms with van der Waals surface area (Å²) in [5.41, 5.74) is 5.49. The number of hydrogen-bond donors (Lipinski definition) is 3. The molecule has 0 aromatic carbocycles. The first-order valence-corrected chi connectivity index (χ1v) is 23.6. The number of hydrogen-bond acceptors (Lipinski definition) is 10. The van der Waals surface area contributed by atoms with Crippen molar-refractivity contribution < 1.29 is 55.0 Å². The first-order chi connectivity index (χ1) is 30.2. The van der Waals surface area contributed by atoms with E-state index in [4.69, 9.17) is 24.9 Å². The normalized spacial score (nSPS) is 27.2. The highest BCUT2D eigenvalue weighted by molar-refractivity contribution is 7.90. The molecular weight excluding hydrogens is 856 g/mol. The third-order valence-corrected chi connectivity index (χ3v) is 14.6. The van der Waals surface area contributed by atoms with Gasteiger partial charge in [0.2, 0.25) is 39.2 Å². The van der Waals surface area contributed by atoms with Gasteiger partial charge in [0.25, 0.3) is 0 Å². The second-order valence-electron chi connectivity index (χ2n) is 18.2. The molecule has 18 heteroatoms. The van der Waals surface area contributed by atoms with Crippen molar-refractivity contribution >= 4 is 39.7 Å². The Labute approximate surface area is 373 Å². The molecule has 0 aromatic heterocycles. The number of ether oxygens (including phenoxy) is 3. The minimum Gasteiger partial charge on any atom is -0.497 e. The molecule has 350 valence electrons. The summed E-state index contributed by atoms with van der Waals surface area (Å²) in [5, 5.41) is 1.91. The zero-order valence-electron chi connectivity index (χ0n) is 36.9. The molecule has 64 heavy (non-hydrogen) atoms. The van der Waals surface area contributed by atoms with Crippen LogP contribution in [0.4, 0.5) is 18.0 Å². The topological polar surface area (TPSA) is 196 Å². The number of nitrogens with one attached hydrogen (secondary N) is 2. The lowest BCUT2D eigenvalue weighted by atomic mass is 9.87. The number of aliphatic imine (C=N–C) groups is 1. The summed E-state index contributed by atoms with van der Waals surface area (Å²) in [4.78, 5) is 59.7. The SMILES string of the molecule is COC1=CC2=CC(=C3C=CC=CC3)N=C(O[C@@H]3C[C@@H](C(N)=O)N(C(=O)[C@@H](NC(=O)OC(C)(C)C(F)(F)F)[C@H](C)C[C@@H](C)CC/C=C\[C@@H]4CCCC4C(=O)NS(=O)(=O)C4CC4)C3)C2C=C1. The van der Waals surface area contributed by atoms with Crippen molar-refractivity contribution in [1.29, 1.82) is 0 Å². The lowest BCUT2D eigenvalue weighted by Gasteiger charge is -2.33. The summed E-state index contributed by atoms with van der Waals surface area (Å²) in [6, 6.07) is -2.58. The highest BCUT2D eigenvalue weighted by atomic mass is 32.2. The van der Waals surface area contributed by atoms with Gasteiger partial charge in [-0.15, -0.1) is 0 Å². The molecule has 3 fully saturated rings. The number of carbonyl (C=O) groups is 4. The Morgan fingerprint density at radius 2 is 1.81 bits per heavy atom. The predicted octanol–water partition coefficient (Wildman–Crippen LogP) is 6.74. The van der Waals surface area contributed by atoms with E-state index < -0.39 is 86.8 Å². The van der Waals surface area contributed by atoms with Crippen LogP contribution in [0.25, 0.3) is 0 Å². The van der Waals surface area contributed by atoms with Crippen LogP contribution in [0.1, 0.15) is 91.9 Å². The van der Waals surface area contributed by atoms with Crippen molar-refractivity contribution in [3.8, 4) is 0 Å². The molecule has 4 N–H and O–H groups in total. The zero-order chi connectivity index (χ0) is 46.6. The lowest BCUT2D eigenvalue weighted by Crippen LogP contribution is -2.56. The summed E-state index contributed by atoms with van der Waals surface area (Å²) < 4.78 is 85.2. The van der Waals surface area contributed by atoms with E-state index in [0.717, 1.165) is 24.0 Å². The molecule has 2 aliphatic heterocycles. The number of alkyl carbamates (subject to hydrolysis) is 1. The van der Waals surface area contributed by atoms with Gasteiger partial charge in [-0.1, -0.05) is 62.8 Å². The standard InChI is InChI=1S/C46H60F3N5O9S/c1-27(12-9-10-13-29-16-11-17-35(29)41(56)53-64(59,60)34-19-20-34)22-28(2)39(52-44(58)63-45(3,4)46(47,48)49)43(57)54-26-33(25-38(54)40(50)55)62-42-36-21-18-32(61-5)23-31(36)24-37(51-42)30-14-7-6-8-15-30/h6-8,10,13-14,18,21,23-24,27-29,33-36,38-39H,9,11-12,15-17,19-20,22,25-26H2,1-5H3,(H2,50,55)(H,52,58)(H,53,56)/b13-10-,37-30?/t27-,28+,29+,33+,35?,36?,38-,39-/m0/s1. The van der Waals surface area contributed by atoms with Crippen molar-refractivity contribution in [2.24, 2.45) is 40.3 Å². The summed E-state index contributed by atoms with van der Waals surface area (Å²) >= 11 is 0. The molecule has 4 aliphatic carbocycles. The number of carbonyl (C=O) groups excluding carboxylic acids is 4. The number of allylic oxidation sites excluding steroid dienone is 10. The van der Waals surface area contributed by atoms with Crippen LogP contribution in [0.5, 0.6) is 0 Å². The summed E-state index contributed by atoms with van der Waals surface area (Å²) in [6.07, 6.45) is 17.6. The van der Waals surface area contributed by atoms with Gasteiger partial charge in [0.1, 0.15) is 23.9 Å². The van der Waals surface area contributed by atoms with Gasteiger partial charge in [0, 0.05) is 12.3 Å². The van der Waals surface area contributed by atoms with Gasteiger partial charge in [0.15, 0.2) is 0 Å². The Hall–Kier alpha value is -5.13. The monoisotopic (exact) mass is 915 g/mol. The highest BCUT2D eigenvalue weighted by Crippen LogP contribution is 2.37. The van der Waals surface area contributed by atoms with Gasteiger partial charge in [-0.05, 0) is 112 Å². The van der Waals surface area contributed by atoms with Crippen LogP contribution in [0.3, 0.4) is 0 Å². The number of likely N-dealkylation sites (tertiary alicyclic amines) is 1.